The van der Waals surface area contributed by atoms with Gasteiger partial charge in [-0.05, 0) is 43.7 Å². The number of hydrogen-bond donors (Lipinski definition) is 2. The highest BCUT2D eigenvalue weighted by Gasteiger charge is 2.16. The molecule has 0 saturated heterocycles. The van der Waals surface area contributed by atoms with Crippen LogP contribution in [-0.2, 0) is 25.7 Å². The Hall–Kier alpha value is -3.42. The van der Waals surface area contributed by atoms with E-state index in [9.17, 15) is 14.4 Å². The lowest BCUT2D eigenvalue weighted by molar-refractivity contribution is -0.137. The molecular formula is C19H22N4O4. The van der Waals surface area contributed by atoms with Crippen LogP contribution in [0.2, 0.25) is 0 Å². The van der Waals surface area contributed by atoms with Gasteiger partial charge in [-0.3, -0.25) is 14.3 Å². The van der Waals surface area contributed by atoms with Crippen LogP contribution in [0.1, 0.15) is 19.4 Å². The van der Waals surface area contributed by atoms with Gasteiger partial charge < -0.3 is 15.4 Å². The van der Waals surface area contributed by atoms with Crippen LogP contribution in [0.4, 0.5) is 5.69 Å². The van der Waals surface area contributed by atoms with Crippen molar-refractivity contribution >= 4 is 29.5 Å². The van der Waals surface area contributed by atoms with E-state index < -0.39 is 17.8 Å². The van der Waals surface area contributed by atoms with E-state index in [1.165, 1.54) is 6.08 Å². The van der Waals surface area contributed by atoms with E-state index in [4.69, 9.17) is 4.74 Å². The number of hydrogen-bond acceptors (Lipinski definition) is 5. The van der Waals surface area contributed by atoms with Crippen molar-refractivity contribution in [1.82, 2.24) is 15.1 Å². The zero-order valence-corrected chi connectivity index (χ0v) is 15.2. The topological polar surface area (TPSA) is 102 Å². The van der Waals surface area contributed by atoms with Crippen molar-refractivity contribution in [3.8, 4) is 0 Å². The minimum atomic E-state index is -0.753. The Bertz CT molecular complexity index is 798. The molecule has 1 aromatic heterocycles. The molecule has 0 radical (unpaired) electrons. The maximum atomic E-state index is 12.0. The Labute approximate surface area is 157 Å². The lowest BCUT2D eigenvalue weighted by Gasteiger charge is -2.13. The first-order valence-electron chi connectivity index (χ1n) is 8.52. The predicted octanol–water partition coefficient (Wildman–Crippen LogP) is 1.60. The number of aromatic nitrogens is 2. The number of esters is 1. The van der Waals surface area contributed by atoms with Crippen molar-refractivity contribution in [2.75, 3.05) is 11.9 Å². The van der Waals surface area contributed by atoms with Crippen LogP contribution in [0.5, 0.6) is 0 Å². The Balaban J connectivity index is 1.83. The molecule has 1 heterocycles. The maximum absolute atomic E-state index is 12.0. The zero-order valence-electron chi connectivity index (χ0n) is 15.2. The number of benzene rings is 1. The molecule has 0 saturated carbocycles. The van der Waals surface area contributed by atoms with Gasteiger partial charge in [-0.15, -0.1) is 0 Å². The molecule has 0 aliphatic rings. The van der Waals surface area contributed by atoms with Gasteiger partial charge in [-0.25, -0.2) is 4.79 Å². The summed E-state index contributed by atoms with van der Waals surface area (Å²) in [5.41, 5.74) is 1.24. The van der Waals surface area contributed by atoms with Crippen LogP contribution in [0, 0.1) is 0 Å². The van der Waals surface area contributed by atoms with E-state index >= 15 is 0 Å². The molecule has 1 unspecified atom stereocenters. The molecule has 1 atom stereocenters. The van der Waals surface area contributed by atoms with Gasteiger partial charge in [-0.2, -0.15) is 5.10 Å². The van der Waals surface area contributed by atoms with Crippen LogP contribution < -0.4 is 10.6 Å². The molecule has 2 aromatic rings. The van der Waals surface area contributed by atoms with Gasteiger partial charge in [0.25, 0.3) is 0 Å². The molecule has 0 bridgehead atoms. The summed E-state index contributed by atoms with van der Waals surface area (Å²) in [7, 11) is 0. The molecule has 2 N–H and O–H groups in total. The van der Waals surface area contributed by atoms with Crippen molar-refractivity contribution in [3.63, 3.8) is 0 Å². The van der Waals surface area contributed by atoms with Crippen molar-refractivity contribution in [2.24, 2.45) is 0 Å². The third-order valence-electron chi connectivity index (χ3n) is 3.47. The molecule has 0 fully saturated rings. The molecule has 8 nitrogen and oxygen atoms in total. The first kappa shape index (κ1) is 19.9. The summed E-state index contributed by atoms with van der Waals surface area (Å²) in [5.74, 6) is -1.89. The van der Waals surface area contributed by atoms with Crippen molar-refractivity contribution in [2.45, 2.75) is 26.4 Å². The molecule has 27 heavy (non-hydrogen) atoms. The minimum Gasteiger partial charge on any atom is -0.463 e. The van der Waals surface area contributed by atoms with E-state index in [1.54, 1.807) is 67.3 Å². The number of amides is 2. The molecule has 0 spiro atoms. The van der Waals surface area contributed by atoms with Crippen molar-refractivity contribution in [3.05, 3.63) is 54.4 Å². The highest BCUT2D eigenvalue weighted by Crippen LogP contribution is 2.11. The fourth-order valence-electron chi connectivity index (χ4n) is 2.24. The smallest absolute Gasteiger partial charge is 0.330 e. The SMILES string of the molecule is CCOC(=O)/C=C/c1ccc(NC(=O)C(=O)NC(C)Cn2cccn2)cc1. The zero-order chi connectivity index (χ0) is 19.6. The number of rotatable bonds is 7. The van der Waals surface area contributed by atoms with Gasteiger partial charge in [0.05, 0.1) is 13.2 Å². The number of anilines is 1. The number of ether oxygens (including phenoxy) is 1. The number of nitrogens with zero attached hydrogens (tertiary/aromatic N) is 2. The van der Waals surface area contributed by atoms with Gasteiger partial charge in [0.2, 0.25) is 0 Å². The van der Waals surface area contributed by atoms with Gasteiger partial charge in [0.1, 0.15) is 0 Å². The quantitative estimate of drug-likeness (QED) is 0.438. The first-order chi connectivity index (χ1) is 13.0. The maximum Gasteiger partial charge on any atom is 0.330 e. The molecular weight excluding hydrogens is 348 g/mol. The lowest BCUT2D eigenvalue weighted by Crippen LogP contribution is -2.42. The van der Waals surface area contributed by atoms with E-state index in [2.05, 4.69) is 15.7 Å². The fraction of sp³-hybridized carbons (Fsp3) is 0.263. The van der Waals surface area contributed by atoms with Gasteiger partial charge in [0, 0.05) is 30.2 Å². The molecule has 142 valence electrons. The van der Waals surface area contributed by atoms with Gasteiger partial charge >= 0.3 is 17.8 Å². The van der Waals surface area contributed by atoms with Gasteiger partial charge in [-0.1, -0.05) is 12.1 Å². The molecule has 1 aromatic carbocycles. The number of carbonyl (C=O) groups is 3. The average Bonchev–Trinajstić information content (AvgIpc) is 3.14. The van der Waals surface area contributed by atoms with Crippen LogP contribution in [-0.4, -0.2) is 40.2 Å². The number of nitrogens with one attached hydrogen (secondary N) is 2. The van der Waals surface area contributed by atoms with E-state index in [-0.39, 0.29) is 6.04 Å². The third-order valence-corrected chi connectivity index (χ3v) is 3.47. The van der Waals surface area contributed by atoms with Crippen molar-refractivity contribution < 1.29 is 19.1 Å². The lowest BCUT2D eigenvalue weighted by atomic mass is 10.2. The molecule has 2 rings (SSSR count). The Kier molecular flexibility index (Phi) is 7.30. The predicted molar refractivity (Wildman–Crippen MR) is 101 cm³/mol. The summed E-state index contributed by atoms with van der Waals surface area (Å²) in [4.78, 5) is 35.3. The first-order valence-corrected chi connectivity index (χ1v) is 8.52. The largest absolute Gasteiger partial charge is 0.463 e. The minimum absolute atomic E-state index is 0.251. The third kappa shape index (κ3) is 6.77. The van der Waals surface area contributed by atoms with Crippen molar-refractivity contribution in [1.29, 1.82) is 0 Å². The highest BCUT2D eigenvalue weighted by atomic mass is 16.5. The summed E-state index contributed by atoms with van der Waals surface area (Å²) in [6.07, 6.45) is 6.35. The monoisotopic (exact) mass is 370 g/mol. The molecule has 8 heteroatoms. The van der Waals surface area contributed by atoms with E-state index in [0.717, 1.165) is 5.56 Å². The summed E-state index contributed by atoms with van der Waals surface area (Å²) in [6, 6.07) is 8.24. The summed E-state index contributed by atoms with van der Waals surface area (Å²) in [6.45, 7) is 4.30. The standard InChI is InChI=1S/C19H22N4O4/c1-3-27-17(24)10-7-15-5-8-16(9-6-15)22-19(26)18(25)21-14(2)13-23-12-4-11-20-23/h4-12,14H,3,13H2,1-2H3,(H,21,25)(H,22,26)/b10-7+. The van der Waals surface area contributed by atoms with Crippen LogP contribution in [0.15, 0.2) is 48.8 Å². The van der Waals surface area contributed by atoms with Crippen LogP contribution in [0.25, 0.3) is 6.08 Å². The van der Waals surface area contributed by atoms with E-state index in [1.807, 2.05) is 0 Å². The summed E-state index contributed by atoms with van der Waals surface area (Å²) < 4.78 is 6.47. The Morgan fingerprint density at radius 3 is 2.59 bits per heavy atom. The second-order valence-electron chi connectivity index (χ2n) is 5.76. The Morgan fingerprint density at radius 2 is 1.96 bits per heavy atom. The number of carbonyl (C=O) groups excluding carboxylic acids is 3. The fourth-order valence-corrected chi connectivity index (χ4v) is 2.24. The van der Waals surface area contributed by atoms with Crippen LogP contribution in [0.3, 0.4) is 0 Å². The van der Waals surface area contributed by atoms with Gasteiger partial charge in [0.15, 0.2) is 0 Å². The molecule has 2 amide bonds. The van der Waals surface area contributed by atoms with Crippen LogP contribution >= 0.6 is 0 Å². The molecule has 0 aliphatic carbocycles. The normalized spacial score (nSPS) is 11.8. The second kappa shape index (κ2) is 9.91. The molecule has 0 aliphatic heterocycles. The average molecular weight is 370 g/mol. The Morgan fingerprint density at radius 1 is 1.22 bits per heavy atom. The van der Waals surface area contributed by atoms with E-state index in [0.29, 0.717) is 18.8 Å². The highest BCUT2D eigenvalue weighted by molar-refractivity contribution is 6.39. The summed E-state index contributed by atoms with van der Waals surface area (Å²) in [5, 5.41) is 9.20. The summed E-state index contributed by atoms with van der Waals surface area (Å²) >= 11 is 0. The second-order valence-corrected chi connectivity index (χ2v) is 5.76.